The van der Waals surface area contributed by atoms with Gasteiger partial charge in [-0.15, -0.1) is 0 Å². The lowest BCUT2D eigenvalue weighted by Gasteiger charge is -2.38. The van der Waals surface area contributed by atoms with E-state index in [0.29, 0.717) is 30.3 Å². The molecule has 0 fully saturated rings. The van der Waals surface area contributed by atoms with E-state index in [2.05, 4.69) is 5.32 Å². The largest absolute Gasteiger partial charge is 0.430 e. The van der Waals surface area contributed by atoms with Crippen LogP contribution >= 0.6 is 0 Å². The van der Waals surface area contributed by atoms with E-state index in [1.807, 2.05) is 0 Å². The van der Waals surface area contributed by atoms with Crippen LogP contribution in [-0.2, 0) is 11.0 Å². The first-order chi connectivity index (χ1) is 21.3. The van der Waals surface area contributed by atoms with E-state index < -0.39 is 81.4 Å². The monoisotopic (exact) mass is 688 g/mol. The number of Topliss-reactive ketones (excluding diaryl/α,β-unsaturated/α-hetero) is 1. The van der Waals surface area contributed by atoms with Crippen LogP contribution in [0.4, 0.5) is 64.1 Å². The summed E-state index contributed by atoms with van der Waals surface area (Å²) in [6.07, 6.45) is -24.8. The Morgan fingerprint density at radius 3 is 1.43 bits per heavy atom. The highest BCUT2D eigenvalue weighted by molar-refractivity contribution is 6.05. The molecule has 3 aromatic carbocycles. The molecular weight excluding hydrogens is 664 g/mol. The maximum atomic E-state index is 14.4. The molecule has 0 unspecified atom stereocenters. The van der Waals surface area contributed by atoms with Crippen LogP contribution in [0.2, 0.25) is 0 Å². The summed E-state index contributed by atoms with van der Waals surface area (Å²) in [5.41, 5.74) is -17.3. The number of hydrogen-bond acceptors (Lipinski definition) is 4. The fourth-order valence-electron chi connectivity index (χ4n) is 4.84. The quantitative estimate of drug-likeness (QED) is 0.164. The molecule has 17 heteroatoms. The number of nitrogens with one attached hydrogen (secondary N) is 2. The van der Waals surface area contributed by atoms with Gasteiger partial charge in [-0.05, 0) is 62.2 Å². The van der Waals surface area contributed by atoms with Crippen molar-refractivity contribution in [1.29, 1.82) is 0 Å². The Hall–Kier alpha value is -4.28. The molecule has 0 heterocycles. The van der Waals surface area contributed by atoms with Crippen LogP contribution in [0.5, 0.6) is 0 Å². The summed E-state index contributed by atoms with van der Waals surface area (Å²) in [6, 6.07) is 5.22. The smallest absolute Gasteiger partial charge is 0.383 e. The van der Waals surface area contributed by atoms with Gasteiger partial charge in [0.05, 0.1) is 0 Å². The summed E-state index contributed by atoms with van der Waals surface area (Å²) in [4.78, 5) is 24.5. The normalized spacial score (nSPS) is 13.5. The number of anilines is 2. The second-order valence-corrected chi connectivity index (χ2v) is 10.7. The molecule has 3 N–H and O–H groups in total. The number of carbonyl (C=O) groups is 2. The average molecular weight is 689 g/mol. The topological polar surface area (TPSA) is 78.4 Å². The highest BCUT2D eigenvalue weighted by Gasteiger charge is 2.73. The summed E-state index contributed by atoms with van der Waals surface area (Å²) in [7, 11) is 0. The van der Waals surface area contributed by atoms with Gasteiger partial charge in [0.25, 0.3) is 11.5 Å². The predicted molar refractivity (Wildman–Crippen MR) is 145 cm³/mol. The highest BCUT2D eigenvalue weighted by atomic mass is 19.4. The lowest BCUT2D eigenvalue weighted by atomic mass is 9.72. The Balaban J connectivity index is 2.15. The zero-order valence-corrected chi connectivity index (χ0v) is 24.2. The molecule has 0 spiro atoms. The molecule has 0 aromatic heterocycles. The van der Waals surface area contributed by atoms with Crippen molar-refractivity contribution < 1.29 is 67.4 Å². The molecule has 0 bridgehead atoms. The van der Waals surface area contributed by atoms with Crippen LogP contribution < -0.4 is 10.6 Å². The molecule has 3 rings (SSSR count). The molecule has 47 heavy (non-hydrogen) atoms. The van der Waals surface area contributed by atoms with Crippen LogP contribution in [0.3, 0.4) is 0 Å². The fourth-order valence-corrected chi connectivity index (χ4v) is 4.84. The minimum Gasteiger partial charge on any atom is -0.383 e. The number of hydrogen-bond donors (Lipinski definition) is 3. The fraction of sp³-hybridized carbons (Fsp3) is 0.333. The van der Waals surface area contributed by atoms with Gasteiger partial charge in [-0.25, -0.2) is 0 Å². The number of ketones is 1. The Labute approximate surface area is 258 Å². The van der Waals surface area contributed by atoms with Gasteiger partial charge in [-0.2, -0.15) is 52.7 Å². The standard InChI is InChI=1S/C30H24F12N2O3/c1-15(2)43-21-12-13-23(22(14-21)26(47,29(37,38)39)30(40,41)42)44-24(46)18-6-10-20(11-7-18)25(27(31,32)33,28(34,35)36)19-8-4-17(5-9-19)16(3)45/h4-15,43,47H,1-3H3,(H,44,46). The van der Waals surface area contributed by atoms with E-state index in [9.17, 15) is 67.4 Å². The summed E-state index contributed by atoms with van der Waals surface area (Å²) in [5, 5.41) is 14.3. The zero-order valence-electron chi connectivity index (χ0n) is 24.2. The minimum absolute atomic E-state index is 0.186. The predicted octanol–water partition coefficient (Wildman–Crippen LogP) is 8.68. The van der Waals surface area contributed by atoms with Crippen molar-refractivity contribution in [1.82, 2.24) is 0 Å². The van der Waals surface area contributed by atoms with Crippen LogP contribution in [0.25, 0.3) is 0 Å². The van der Waals surface area contributed by atoms with E-state index in [-0.39, 0.29) is 29.4 Å². The number of carbonyl (C=O) groups excluding carboxylic acids is 2. The molecule has 0 atom stereocenters. The van der Waals surface area contributed by atoms with Gasteiger partial charge in [0.2, 0.25) is 5.41 Å². The molecule has 0 aliphatic rings. The van der Waals surface area contributed by atoms with E-state index in [1.165, 1.54) is 13.8 Å². The molecule has 0 aliphatic heterocycles. The first-order valence-corrected chi connectivity index (χ1v) is 13.2. The molecule has 1 amide bonds. The lowest BCUT2D eigenvalue weighted by Crippen LogP contribution is -2.54. The number of aliphatic hydroxyl groups is 1. The first-order valence-electron chi connectivity index (χ1n) is 13.2. The Kier molecular flexibility index (Phi) is 9.80. The molecule has 0 radical (unpaired) electrons. The van der Waals surface area contributed by atoms with Gasteiger partial charge < -0.3 is 15.7 Å². The van der Waals surface area contributed by atoms with Crippen LogP contribution in [0.15, 0.2) is 66.7 Å². The van der Waals surface area contributed by atoms with Gasteiger partial charge in [0, 0.05) is 34.1 Å². The summed E-state index contributed by atoms with van der Waals surface area (Å²) >= 11 is 0. The van der Waals surface area contributed by atoms with Crippen molar-refractivity contribution in [2.75, 3.05) is 10.6 Å². The van der Waals surface area contributed by atoms with E-state index in [4.69, 9.17) is 0 Å². The van der Waals surface area contributed by atoms with Gasteiger partial charge >= 0.3 is 24.7 Å². The number of rotatable bonds is 8. The molecule has 3 aromatic rings. The number of amides is 1. The van der Waals surface area contributed by atoms with Gasteiger partial charge in [0.1, 0.15) is 0 Å². The summed E-state index contributed by atoms with van der Waals surface area (Å²) in [6.45, 7) is 4.02. The van der Waals surface area contributed by atoms with E-state index >= 15 is 0 Å². The van der Waals surface area contributed by atoms with Crippen molar-refractivity contribution in [3.05, 3.63) is 94.5 Å². The van der Waals surface area contributed by atoms with Crippen molar-refractivity contribution in [2.24, 2.45) is 0 Å². The van der Waals surface area contributed by atoms with Crippen molar-refractivity contribution >= 4 is 23.1 Å². The number of alkyl halides is 12. The van der Waals surface area contributed by atoms with Gasteiger partial charge in [-0.1, -0.05) is 36.4 Å². The third-order valence-corrected chi connectivity index (χ3v) is 7.09. The van der Waals surface area contributed by atoms with Crippen molar-refractivity contribution in [3.8, 4) is 0 Å². The third kappa shape index (κ3) is 6.75. The summed E-state index contributed by atoms with van der Waals surface area (Å²) < 4.78 is 169. The molecule has 5 nitrogen and oxygen atoms in total. The molecule has 256 valence electrons. The summed E-state index contributed by atoms with van der Waals surface area (Å²) in [5.74, 6) is -2.18. The second-order valence-electron chi connectivity index (χ2n) is 10.7. The van der Waals surface area contributed by atoms with Gasteiger partial charge in [-0.3, -0.25) is 9.59 Å². The van der Waals surface area contributed by atoms with Crippen molar-refractivity contribution in [3.63, 3.8) is 0 Å². The zero-order chi connectivity index (χ0) is 36.0. The van der Waals surface area contributed by atoms with Crippen molar-refractivity contribution in [2.45, 2.75) is 62.5 Å². The Morgan fingerprint density at radius 1 is 0.638 bits per heavy atom. The first kappa shape index (κ1) is 37.2. The highest BCUT2D eigenvalue weighted by Crippen LogP contribution is 2.56. The third-order valence-electron chi connectivity index (χ3n) is 7.09. The van der Waals surface area contributed by atoms with Crippen LogP contribution in [0, 0.1) is 0 Å². The Morgan fingerprint density at radius 2 is 1.06 bits per heavy atom. The SMILES string of the molecule is CC(=O)c1ccc(C(c2ccc(C(=O)Nc3ccc(NC(C)C)cc3C(O)(C(F)(F)F)C(F)(F)F)cc2)(C(F)(F)F)C(F)(F)F)cc1. The Bertz CT molecular complexity index is 1580. The minimum atomic E-state index is -6.37. The van der Waals surface area contributed by atoms with Crippen LogP contribution in [-0.4, -0.2) is 47.5 Å². The molecule has 0 aliphatic carbocycles. The number of halogens is 12. The molecule has 0 saturated carbocycles. The van der Waals surface area contributed by atoms with Gasteiger partial charge in [0.15, 0.2) is 5.78 Å². The maximum Gasteiger partial charge on any atom is 0.430 e. The second kappa shape index (κ2) is 12.4. The molecular formula is C30H24F12N2O3. The van der Waals surface area contributed by atoms with Crippen LogP contribution in [0.1, 0.15) is 58.2 Å². The molecule has 0 saturated heterocycles. The van der Waals surface area contributed by atoms with E-state index in [0.717, 1.165) is 25.1 Å². The average Bonchev–Trinajstić information content (AvgIpc) is 2.91. The number of benzene rings is 3. The maximum absolute atomic E-state index is 14.4. The lowest BCUT2D eigenvalue weighted by molar-refractivity contribution is -0.376. The van der Waals surface area contributed by atoms with E-state index in [1.54, 1.807) is 5.32 Å².